The van der Waals surface area contributed by atoms with Crippen LogP contribution in [0.15, 0.2) is 30.3 Å². The number of likely N-dealkylation sites (tertiary alicyclic amines) is 1. The molecule has 0 spiro atoms. The van der Waals surface area contributed by atoms with Crippen molar-refractivity contribution in [2.24, 2.45) is 5.92 Å². The number of piperidine rings is 1. The molecular formula is C19H25N5O2S. The molecule has 2 N–H and O–H groups in total. The summed E-state index contributed by atoms with van der Waals surface area (Å²) in [4.78, 5) is 26.9. The SMILES string of the molecule is Cc1nnsc1C(=O)N1CCC(CNC(=O)NCCc2ccccc2)CC1. The highest BCUT2D eigenvalue weighted by molar-refractivity contribution is 7.07. The normalized spacial score (nSPS) is 14.8. The first-order valence-electron chi connectivity index (χ1n) is 9.27. The van der Waals surface area contributed by atoms with Crippen LogP contribution in [0.1, 0.15) is 33.8 Å². The van der Waals surface area contributed by atoms with Crippen LogP contribution in [0.2, 0.25) is 0 Å². The molecule has 1 aliphatic rings. The summed E-state index contributed by atoms with van der Waals surface area (Å²) in [5.74, 6) is 0.419. The summed E-state index contributed by atoms with van der Waals surface area (Å²) in [6, 6.07) is 9.96. The van der Waals surface area contributed by atoms with Gasteiger partial charge in [0.15, 0.2) is 0 Å². The van der Waals surface area contributed by atoms with E-state index in [1.165, 1.54) is 5.56 Å². The van der Waals surface area contributed by atoms with E-state index in [-0.39, 0.29) is 11.9 Å². The number of rotatable bonds is 6. The van der Waals surface area contributed by atoms with Gasteiger partial charge in [0.05, 0.1) is 5.69 Å². The molecule has 3 rings (SSSR count). The van der Waals surface area contributed by atoms with E-state index in [9.17, 15) is 9.59 Å². The van der Waals surface area contributed by atoms with E-state index in [1.54, 1.807) is 0 Å². The molecule has 3 amide bonds. The minimum Gasteiger partial charge on any atom is -0.338 e. The summed E-state index contributed by atoms with van der Waals surface area (Å²) in [5.41, 5.74) is 1.90. The quantitative estimate of drug-likeness (QED) is 0.796. The predicted octanol–water partition coefficient (Wildman–Crippen LogP) is 2.24. The van der Waals surface area contributed by atoms with Crippen molar-refractivity contribution < 1.29 is 9.59 Å². The molecule has 7 nitrogen and oxygen atoms in total. The maximum Gasteiger partial charge on any atom is 0.314 e. The molecule has 0 radical (unpaired) electrons. The van der Waals surface area contributed by atoms with E-state index >= 15 is 0 Å². The lowest BCUT2D eigenvalue weighted by atomic mass is 9.96. The molecule has 1 aliphatic heterocycles. The van der Waals surface area contributed by atoms with Gasteiger partial charge < -0.3 is 15.5 Å². The largest absolute Gasteiger partial charge is 0.338 e. The van der Waals surface area contributed by atoms with Crippen LogP contribution in [-0.4, -0.2) is 52.6 Å². The van der Waals surface area contributed by atoms with Gasteiger partial charge in [-0.25, -0.2) is 4.79 Å². The molecular weight excluding hydrogens is 362 g/mol. The van der Waals surface area contributed by atoms with Gasteiger partial charge >= 0.3 is 6.03 Å². The van der Waals surface area contributed by atoms with E-state index < -0.39 is 0 Å². The van der Waals surface area contributed by atoms with Crippen molar-refractivity contribution in [3.63, 3.8) is 0 Å². The number of carbonyl (C=O) groups is 2. The summed E-state index contributed by atoms with van der Waals surface area (Å²) >= 11 is 1.15. The molecule has 1 saturated heterocycles. The zero-order valence-electron chi connectivity index (χ0n) is 15.5. The van der Waals surface area contributed by atoms with Crippen LogP contribution in [0.3, 0.4) is 0 Å². The summed E-state index contributed by atoms with van der Waals surface area (Å²) in [5, 5.41) is 9.75. The predicted molar refractivity (Wildman–Crippen MR) is 105 cm³/mol. The van der Waals surface area contributed by atoms with Crippen molar-refractivity contribution in [1.29, 1.82) is 0 Å². The molecule has 1 aromatic heterocycles. The number of nitrogens with one attached hydrogen (secondary N) is 2. The highest BCUT2D eigenvalue weighted by Crippen LogP contribution is 2.20. The van der Waals surface area contributed by atoms with Crippen molar-refractivity contribution in [3.8, 4) is 0 Å². The van der Waals surface area contributed by atoms with Gasteiger partial charge in [-0.05, 0) is 49.2 Å². The van der Waals surface area contributed by atoms with E-state index in [0.29, 0.717) is 42.7 Å². The third kappa shape index (κ3) is 5.50. The van der Waals surface area contributed by atoms with Crippen LogP contribution in [-0.2, 0) is 6.42 Å². The van der Waals surface area contributed by atoms with Crippen LogP contribution >= 0.6 is 11.5 Å². The van der Waals surface area contributed by atoms with Gasteiger partial charge in [-0.1, -0.05) is 34.8 Å². The Kier molecular flexibility index (Phi) is 6.75. The molecule has 144 valence electrons. The highest BCUT2D eigenvalue weighted by Gasteiger charge is 2.26. The molecule has 8 heteroatoms. The lowest BCUT2D eigenvalue weighted by molar-refractivity contribution is 0.0694. The minimum atomic E-state index is -0.129. The summed E-state index contributed by atoms with van der Waals surface area (Å²) in [7, 11) is 0. The van der Waals surface area contributed by atoms with Gasteiger partial charge in [0.25, 0.3) is 5.91 Å². The Morgan fingerprint density at radius 1 is 1.19 bits per heavy atom. The monoisotopic (exact) mass is 387 g/mol. The Morgan fingerprint density at radius 2 is 1.93 bits per heavy atom. The van der Waals surface area contributed by atoms with E-state index in [1.807, 2.05) is 30.0 Å². The zero-order chi connectivity index (χ0) is 19.1. The van der Waals surface area contributed by atoms with Crippen LogP contribution < -0.4 is 10.6 Å². The molecule has 27 heavy (non-hydrogen) atoms. The van der Waals surface area contributed by atoms with Crippen LogP contribution in [0.4, 0.5) is 4.79 Å². The number of urea groups is 1. The van der Waals surface area contributed by atoms with Crippen LogP contribution in [0.25, 0.3) is 0 Å². The topological polar surface area (TPSA) is 87.2 Å². The fraction of sp³-hybridized carbons (Fsp3) is 0.474. The van der Waals surface area contributed by atoms with E-state index in [0.717, 1.165) is 30.8 Å². The first-order chi connectivity index (χ1) is 13.1. The van der Waals surface area contributed by atoms with Gasteiger partial charge in [-0.15, -0.1) is 5.10 Å². The lowest BCUT2D eigenvalue weighted by Crippen LogP contribution is -2.43. The third-order valence-electron chi connectivity index (χ3n) is 4.84. The summed E-state index contributed by atoms with van der Waals surface area (Å²) in [6.07, 6.45) is 2.60. The molecule has 1 aromatic carbocycles. The number of amides is 3. The van der Waals surface area contributed by atoms with E-state index in [4.69, 9.17) is 0 Å². The molecule has 0 aliphatic carbocycles. The molecule has 0 saturated carbocycles. The van der Waals surface area contributed by atoms with Crippen molar-refractivity contribution in [2.45, 2.75) is 26.2 Å². The van der Waals surface area contributed by atoms with Crippen molar-refractivity contribution in [3.05, 3.63) is 46.5 Å². The van der Waals surface area contributed by atoms with Gasteiger partial charge in [0.2, 0.25) is 0 Å². The smallest absolute Gasteiger partial charge is 0.314 e. The number of aromatic nitrogens is 2. The number of hydrogen-bond donors (Lipinski definition) is 2. The van der Waals surface area contributed by atoms with Gasteiger partial charge in [0.1, 0.15) is 4.88 Å². The van der Waals surface area contributed by atoms with Gasteiger partial charge in [-0.2, -0.15) is 0 Å². The fourth-order valence-electron chi connectivity index (χ4n) is 3.18. The van der Waals surface area contributed by atoms with Crippen LogP contribution in [0.5, 0.6) is 0 Å². The number of carbonyl (C=O) groups excluding carboxylic acids is 2. The number of aryl methyl sites for hydroxylation is 1. The van der Waals surface area contributed by atoms with Gasteiger partial charge in [-0.3, -0.25) is 4.79 Å². The Hall–Kier alpha value is -2.48. The first-order valence-corrected chi connectivity index (χ1v) is 10.0. The standard InChI is InChI=1S/C19H25N5O2S/c1-14-17(27-23-22-14)18(25)24-11-8-16(9-12-24)13-21-19(26)20-10-7-15-5-3-2-4-6-15/h2-6,16H,7-13H2,1H3,(H2,20,21,26). The van der Waals surface area contributed by atoms with Crippen molar-refractivity contribution in [1.82, 2.24) is 25.1 Å². The third-order valence-corrected chi connectivity index (χ3v) is 5.66. The molecule has 0 unspecified atom stereocenters. The molecule has 0 bridgehead atoms. The number of hydrogen-bond acceptors (Lipinski definition) is 5. The minimum absolute atomic E-state index is 0.0209. The van der Waals surface area contributed by atoms with Gasteiger partial charge in [0, 0.05) is 26.2 Å². The fourth-order valence-corrected chi connectivity index (χ4v) is 3.80. The Balaban J connectivity index is 1.33. The number of nitrogens with zero attached hydrogens (tertiary/aromatic N) is 3. The summed E-state index contributed by atoms with van der Waals surface area (Å²) in [6.45, 7) is 4.48. The molecule has 0 atom stereocenters. The first kappa shape index (κ1) is 19.3. The maximum atomic E-state index is 12.5. The van der Waals surface area contributed by atoms with Crippen LogP contribution in [0, 0.1) is 12.8 Å². The molecule has 2 aromatic rings. The van der Waals surface area contributed by atoms with E-state index in [2.05, 4.69) is 32.4 Å². The second kappa shape index (κ2) is 9.45. The maximum absolute atomic E-state index is 12.5. The Bertz CT molecular complexity index is 756. The summed E-state index contributed by atoms with van der Waals surface area (Å²) < 4.78 is 3.83. The van der Waals surface area contributed by atoms with Crippen molar-refractivity contribution in [2.75, 3.05) is 26.2 Å². The second-order valence-electron chi connectivity index (χ2n) is 6.80. The Labute approximate surface area is 163 Å². The number of benzene rings is 1. The Morgan fingerprint density at radius 3 is 2.59 bits per heavy atom. The highest BCUT2D eigenvalue weighted by atomic mass is 32.1. The zero-order valence-corrected chi connectivity index (χ0v) is 16.3. The average Bonchev–Trinajstić information content (AvgIpc) is 3.13. The van der Waals surface area contributed by atoms with Crippen molar-refractivity contribution >= 4 is 23.5 Å². The molecule has 2 heterocycles. The average molecular weight is 388 g/mol. The second-order valence-corrected chi connectivity index (χ2v) is 7.55. The lowest BCUT2D eigenvalue weighted by Gasteiger charge is -2.31. The molecule has 1 fully saturated rings.